The SMILES string of the molecule is CC(C)(C)[C@H](NCl)C(=O)N1C[C@@H]2C[C@@H]2[C@H]1C(=O)NC(CC1CC1)C(O)C(N)=O. The van der Waals surface area contributed by atoms with E-state index in [1.807, 2.05) is 20.8 Å². The number of aliphatic hydroxyl groups is 1. The van der Waals surface area contributed by atoms with Gasteiger partial charge in [0.15, 0.2) is 6.10 Å². The van der Waals surface area contributed by atoms with Crippen LogP contribution in [0.4, 0.5) is 0 Å². The molecule has 5 N–H and O–H groups in total. The summed E-state index contributed by atoms with van der Waals surface area (Å²) in [6.07, 6.45) is 2.02. The van der Waals surface area contributed by atoms with Crippen molar-refractivity contribution in [3.8, 4) is 0 Å². The highest BCUT2D eigenvalue weighted by molar-refractivity contribution is 6.15. The van der Waals surface area contributed by atoms with Crippen LogP contribution in [0.25, 0.3) is 0 Å². The van der Waals surface area contributed by atoms with Crippen LogP contribution in [0.5, 0.6) is 0 Å². The van der Waals surface area contributed by atoms with Gasteiger partial charge in [0.05, 0.1) is 6.04 Å². The molecule has 3 fully saturated rings. The molecule has 2 unspecified atom stereocenters. The van der Waals surface area contributed by atoms with E-state index in [0.29, 0.717) is 24.8 Å². The lowest BCUT2D eigenvalue weighted by atomic mass is 9.86. The van der Waals surface area contributed by atoms with Crippen molar-refractivity contribution in [2.24, 2.45) is 28.9 Å². The zero-order valence-electron chi connectivity index (χ0n) is 16.7. The second kappa shape index (κ2) is 7.80. The van der Waals surface area contributed by atoms with Gasteiger partial charge in [-0.15, -0.1) is 0 Å². The van der Waals surface area contributed by atoms with Crippen LogP contribution in [0.2, 0.25) is 0 Å². The molecule has 3 amide bonds. The third-order valence-electron chi connectivity index (χ3n) is 6.21. The lowest BCUT2D eigenvalue weighted by Crippen LogP contribution is -2.58. The van der Waals surface area contributed by atoms with E-state index in [2.05, 4.69) is 10.2 Å². The smallest absolute Gasteiger partial charge is 0.248 e. The lowest BCUT2D eigenvalue weighted by molar-refractivity contribution is -0.143. The lowest BCUT2D eigenvalue weighted by Gasteiger charge is -2.35. The van der Waals surface area contributed by atoms with Crippen molar-refractivity contribution in [3.63, 3.8) is 0 Å². The molecule has 6 atom stereocenters. The number of hydrogen-bond acceptors (Lipinski definition) is 5. The Morgan fingerprint density at radius 2 is 1.93 bits per heavy atom. The zero-order valence-corrected chi connectivity index (χ0v) is 17.4. The summed E-state index contributed by atoms with van der Waals surface area (Å²) in [5.74, 6) is -0.560. The number of likely N-dealkylation sites (tertiary alicyclic amines) is 1. The number of amides is 3. The molecule has 8 nitrogen and oxygen atoms in total. The van der Waals surface area contributed by atoms with Gasteiger partial charge >= 0.3 is 0 Å². The minimum absolute atomic E-state index is 0.118. The Balaban J connectivity index is 1.73. The summed E-state index contributed by atoms with van der Waals surface area (Å²) in [6.45, 7) is 6.25. The van der Waals surface area contributed by atoms with Gasteiger partial charge in [0, 0.05) is 6.54 Å². The minimum atomic E-state index is -1.43. The fourth-order valence-corrected chi connectivity index (χ4v) is 4.64. The number of piperidine rings is 1. The molecule has 0 aromatic heterocycles. The van der Waals surface area contributed by atoms with Gasteiger partial charge in [0.2, 0.25) is 17.7 Å². The summed E-state index contributed by atoms with van der Waals surface area (Å²) in [7, 11) is 0. The highest BCUT2D eigenvalue weighted by atomic mass is 35.5. The van der Waals surface area contributed by atoms with E-state index < -0.39 is 35.6 Å². The van der Waals surface area contributed by atoms with Crippen LogP contribution < -0.4 is 15.9 Å². The summed E-state index contributed by atoms with van der Waals surface area (Å²) in [5, 5.41) is 13.0. The summed E-state index contributed by atoms with van der Waals surface area (Å²) >= 11 is 5.84. The molecule has 1 heterocycles. The van der Waals surface area contributed by atoms with Crippen LogP contribution in [0.3, 0.4) is 0 Å². The molecule has 0 spiro atoms. The average molecular weight is 415 g/mol. The number of halogens is 1. The summed E-state index contributed by atoms with van der Waals surface area (Å²) in [5.41, 5.74) is 4.84. The van der Waals surface area contributed by atoms with E-state index in [1.165, 1.54) is 0 Å². The van der Waals surface area contributed by atoms with Gasteiger partial charge in [-0.25, -0.2) is 4.84 Å². The van der Waals surface area contributed by atoms with Crippen LogP contribution >= 0.6 is 11.8 Å². The number of aliphatic hydroxyl groups excluding tert-OH is 1. The van der Waals surface area contributed by atoms with Gasteiger partial charge in [-0.1, -0.05) is 33.6 Å². The van der Waals surface area contributed by atoms with Crippen LogP contribution in [-0.4, -0.2) is 58.5 Å². The third-order valence-corrected chi connectivity index (χ3v) is 6.43. The van der Waals surface area contributed by atoms with Crippen LogP contribution in [-0.2, 0) is 14.4 Å². The average Bonchev–Trinajstić information content (AvgIpc) is 3.51. The Hall–Kier alpha value is -1.38. The number of nitrogens with one attached hydrogen (secondary N) is 2. The highest BCUT2D eigenvalue weighted by Gasteiger charge is 2.58. The number of carbonyl (C=O) groups is 3. The van der Waals surface area contributed by atoms with Gasteiger partial charge in [-0.05, 0) is 47.8 Å². The van der Waals surface area contributed by atoms with Crippen molar-refractivity contribution < 1.29 is 19.5 Å². The van der Waals surface area contributed by atoms with Crippen molar-refractivity contribution in [2.45, 2.75) is 70.7 Å². The maximum Gasteiger partial charge on any atom is 0.248 e. The van der Waals surface area contributed by atoms with E-state index in [4.69, 9.17) is 17.5 Å². The van der Waals surface area contributed by atoms with E-state index in [0.717, 1.165) is 19.3 Å². The van der Waals surface area contributed by atoms with Gasteiger partial charge in [0.1, 0.15) is 12.1 Å². The molecule has 1 aliphatic heterocycles. The topological polar surface area (TPSA) is 125 Å². The zero-order chi connectivity index (χ0) is 20.8. The van der Waals surface area contributed by atoms with Crippen molar-refractivity contribution in [1.29, 1.82) is 0 Å². The Kier molecular flexibility index (Phi) is 5.94. The predicted octanol–water partition coefficient (Wildman–Crippen LogP) is 0.123. The Bertz CT molecular complexity index is 648. The maximum atomic E-state index is 13.1. The molecule has 2 aliphatic carbocycles. The van der Waals surface area contributed by atoms with E-state index in [-0.39, 0.29) is 17.7 Å². The number of nitrogens with zero attached hydrogens (tertiary/aromatic N) is 1. The number of nitrogens with two attached hydrogens (primary N) is 1. The summed E-state index contributed by atoms with van der Waals surface area (Å²) in [4.78, 5) is 41.8. The van der Waals surface area contributed by atoms with Crippen LogP contribution in [0.15, 0.2) is 0 Å². The Morgan fingerprint density at radius 1 is 1.29 bits per heavy atom. The number of carbonyl (C=O) groups excluding carboxylic acids is 3. The molecule has 0 aromatic rings. The molecule has 3 rings (SSSR count). The first-order valence-corrected chi connectivity index (χ1v) is 10.4. The van der Waals surface area contributed by atoms with Gasteiger partial charge in [-0.2, -0.15) is 0 Å². The van der Waals surface area contributed by atoms with Crippen molar-refractivity contribution in [2.75, 3.05) is 6.54 Å². The number of primary amides is 1. The molecule has 2 saturated carbocycles. The molecule has 28 heavy (non-hydrogen) atoms. The van der Waals surface area contributed by atoms with Crippen LogP contribution in [0, 0.1) is 23.2 Å². The summed E-state index contributed by atoms with van der Waals surface area (Å²) in [6, 6.07) is -1.95. The van der Waals surface area contributed by atoms with E-state index >= 15 is 0 Å². The minimum Gasteiger partial charge on any atom is -0.381 e. The molecular formula is C19H31ClN4O4. The molecule has 1 saturated heterocycles. The maximum absolute atomic E-state index is 13.1. The number of rotatable bonds is 8. The first-order chi connectivity index (χ1) is 13.0. The van der Waals surface area contributed by atoms with Crippen molar-refractivity contribution >= 4 is 29.5 Å². The standard InChI is InChI=1S/C19H31ClN4O4/c1-19(2,3)15(23-20)18(28)24-8-10-7-11(10)13(24)17(27)22-12(6-9-4-5-9)14(25)16(21)26/h9-15,23,25H,4-8H2,1-3H3,(H2,21,26)(H,22,27)/t10-,11-,12?,13-,14?,15+/m0/s1. The van der Waals surface area contributed by atoms with E-state index in [9.17, 15) is 19.5 Å². The first kappa shape index (κ1) is 21.3. The quantitative estimate of drug-likeness (QED) is 0.420. The second-order valence-corrected chi connectivity index (χ2v) is 9.86. The second-order valence-electron chi connectivity index (χ2n) is 9.64. The molecular weight excluding hydrogens is 384 g/mol. The van der Waals surface area contributed by atoms with E-state index in [1.54, 1.807) is 4.90 Å². The molecule has 158 valence electrons. The molecule has 3 aliphatic rings. The third kappa shape index (κ3) is 4.44. The Labute approximate surface area is 170 Å². The molecule has 0 bridgehead atoms. The van der Waals surface area contributed by atoms with Gasteiger partial charge < -0.3 is 21.1 Å². The predicted molar refractivity (Wildman–Crippen MR) is 104 cm³/mol. The van der Waals surface area contributed by atoms with Crippen molar-refractivity contribution in [1.82, 2.24) is 15.1 Å². The molecule has 9 heteroatoms. The van der Waals surface area contributed by atoms with Gasteiger partial charge in [-0.3, -0.25) is 14.4 Å². The normalized spacial score (nSPS) is 29.6. The number of hydrogen-bond donors (Lipinski definition) is 4. The first-order valence-electron chi connectivity index (χ1n) is 9.99. The monoisotopic (exact) mass is 414 g/mol. The highest BCUT2D eigenvalue weighted by Crippen LogP contribution is 2.50. The van der Waals surface area contributed by atoms with Gasteiger partial charge in [0.25, 0.3) is 0 Å². The molecule has 0 aromatic carbocycles. The largest absolute Gasteiger partial charge is 0.381 e. The summed E-state index contributed by atoms with van der Waals surface area (Å²) < 4.78 is 0. The number of fused-ring (bicyclic) bond motifs is 1. The molecule has 0 radical (unpaired) electrons. The fourth-order valence-electron chi connectivity index (χ4n) is 4.22. The Morgan fingerprint density at radius 3 is 2.43 bits per heavy atom. The van der Waals surface area contributed by atoms with Crippen LogP contribution in [0.1, 0.15) is 46.5 Å². The fraction of sp³-hybridized carbons (Fsp3) is 0.842. The van der Waals surface area contributed by atoms with Crippen molar-refractivity contribution in [3.05, 3.63) is 0 Å².